The first-order valence-electron chi connectivity index (χ1n) is 6.80. The maximum absolute atomic E-state index is 13.9. The molecule has 22 heavy (non-hydrogen) atoms. The molecule has 1 N–H and O–H groups in total. The molecule has 0 saturated heterocycles. The number of nitrogens with one attached hydrogen (secondary N) is 1. The van der Waals surface area contributed by atoms with Gasteiger partial charge in [0.1, 0.15) is 11.4 Å². The van der Waals surface area contributed by atoms with Gasteiger partial charge in [0.2, 0.25) is 5.78 Å². The first-order chi connectivity index (χ1) is 10.2. The fraction of sp³-hybridized carbons (Fsp3) is 0.375. The maximum atomic E-state index is 13.9. The molecule has 1 aromatic rings. The van der Waals surface area contributed by atoms with Crippen LogP contribution in [0.1, 0.15) is 38.1 Å². The van der Waals surface area contributed by atoms with Crippen LogP contribution in [0.4, 0.5) is 4.39 Å². The van der Waals surface area contributed by atoms with Crippen LogP contribution in [0.2, 0.25) is 0 Å². The van der Waals surface area contributed by atoms with Gasteiger partial charge >= 0.3 is 5.97 Å². The third-order valence-corrected chi connectivity index (χ3v) is 3.23. The molecule has 0 spiro atoms. The highest BCUT2D eigenvalue weighted by molar-refractivity contribution is 14.1. The predicted molar refractivity (Wildman–Crippen MR) is 91.1 cm³/mol. The fourth-order valence-electron chi connectivity index (χ4n) is 1.53. The van der Waals surface area contributed by atoms with Gasteiger partial charge in [-0.15, -0.1) is 0 Å². The highest BCUT2D eigenvalue weighted by Gasteiger charge is 2.24. The third kappa shape index (κ3) is 5.40. The lowest BCUT2D eigenvalue weighted by atomic mass is 10.0. The Morgan fingerprint density at radius 3 is 2.55 bits per heavy atom. The van der Waals surface area contributed by atoms with E-state index in [9.17, 15) is 14.0 Å². The Balaban J connectivity index is 3.23. The summed E-state index contributed by atoms with van der Waals surface area (Å²) in [6.45, 7) is 7.41. The molecular weight excluding hydrogens is 400 g/mol. The number of hydrogen-bond acceptors (Lipinski definition) is 4. The van der Waals surface area contributed by atoms with Crippen molar-refractivity contribution >= 4 is 34.3 Å². The molecule has 0 unspecified atom stereocenters. The van der Waals surface area contributed by atoms with Gasteiger partial charge in [0.25, 0.3) is 0 Å². The van der Waals surface area contributed by atoms with Crippen LogP contribution in [0, 0.1) is 9.39 Å². The number of carbonyl (C=O) groups is 2. The molecule has 0 amide bonds. The van der Waals surface area contributed by atoms with Crippen LogP contribution < -0.4 is 5.32 Å². The van der Waals surface area contributed by atoms with E-state index in [0.717, 1.165) is 0 Å². The number of ketones is 1. The molecule has 120 valence electrons. The van der Waals surface area contributed by atoms with E-state index in [1.54, 1.807) is 13.0 Å². The molecule has 0 fully saturated rings. The molecule has 0 aliphatic heterocycles. The molecule has 0 heterocycles. The maximum Gasteiger partial charge on any atom is 0.343 e. The zero-order chi connectivity index (χ0) is 16.9. The second kappa shape index (κ2) is 7.71. The lowest BCUT2D eigenvalue weighted by Crippen LogP contribution is -2.33. The van der Waals surface area contributed by atoms with E-state index in [0.29, 0.717) is 3.57 Å². The lowest BCUT2D eigenvalue weighted by molar-refractivity contribution is -0.138. The first-order valence-corrected chi connectivity index (χ1v) is 7.88. The highest BCUT2D eigenvalue weighted by atomic mass is 127. The summed E-state index contributed by atoms with van der Waals surface area (Å²) in [7, 11) is 0. The van der Waals surface area contributed by atoms with Gasteiger partial charge in [-0.1, -0.05) is 0 Å². The van der Waals surface area contributed by atoms with Crippen molar-refractivity contribution in [2.75, 3.05) is 6.61 Å². The number of hydrogen-bond donors (Lipinski definition) is 1. The topological polar surface area (TPSA) is 55.4 Å². The van der Waals surface area contributed by atoms with Crippen LogP contribution in [0.5, 0.6) is 0 Å². The van der Waals surface area contributed by atoms with E-state index in [4.69, 9.17) is 4.74 Å². The van der Waals surface area contributed by atoms with Crippen molar-refractivity contribution in [2.24, 2.45) is 0 Å². The second-order valence-corrected chi connectivity index (χ2v) is 6.87. The van der Waals surface area contributed by atoms with Crippen molar-refractivity contribution in [3.05, 3.63) is 44.9 Å². The van der Waals surface area contributed by atoms with E-state index in [1.807, 2.05) is 43.4 Å². The van der Waals surface area contributed by atoms with Crippen LogP contribution in [0.15, 0.2) is 30.0 Å². The highest BCUT2D eigenvalue weighted by Crippen LogP contribution is 2.17. The van der Waals surface area contributed by atoms with Gasteiger partial charge in [0, 0.05) is 15.3 Å². The van der Waals surface area contributed by atoms with Gasteiger partial charge < -0.3 is 10.1 Å². The average Bonchev–Trinajstić information content (AvgIpc) is 2.40. The number of Topliss-reactive ketones (excluding diaryl/α,β-unsaturated/α-hetero) is 1. The van der Waals surface area contributed by atoms with Crippen LogP contribution in [0.3, 0.4) is 0 Å². The Kier molecular flexibility index (Phi) is 6.52. The summed E-state index contributed by atoms with van der Waals surface area (Å²) in [5.41, 5.74) is -0.721. The zero-order valence-electron chi connectivity index (χ0n) is 13.0. The summed E-state index contributed by atoms with van der Waals surface area (Å²) in [4.78, 5) is 24.5. The lowest BCUT2D eigenvalue weighted by Gasteiger charge is -2.19. The van der Waals surface area contributed by atoms with E-state index in [1.165, 1.54) is 18.3 Å². The molecule has 1 aromatic carbocycles. The molecule has 0 atom stereocenters. The molecule has 4 nitrogen and oxygen atoms in total. The third-order valence-electron chi connectivity index (χ3n) is 2.56. The number of halogens is 2. The van der Waals surface area contributed by atoms with Crippen molar-refractivity contribution in [1.29, 1.82) is 0 Å². The number of benzene rings is 1. The Bertz CT molecular complexity index is 606. The molecule has 0 aliphatic carbocycles. The Morgan fingerprint density at radius 2 is 2.00 bits per heavy atom. The minimum Gasteiger partial charge on any atom is -0.462 e. The predicted octanol–water partition coefficient (Wildman–Crippen LogP) is 3.45. The number of rotatable bonds is 5. The Morgan fingerprint density at radius 1 is 1.36 bits per heavy atom. The molecule has 6 heteroatoms. The van der Waals surface area contributed by atoms with E-state index in [2.05, 4.69) is 5.32 Å². The molecular formula is C16H19FINO3. The standard InChI is InChI=1S/C16H19FINO3/c1-5-22-15(21)12(9-19-16(2,3)4)14(20)11-8-10(18)6-7-13(11)17/h6-9,19H,5H2,1-4H3/b12-9+. The minimum atomic E-state index is -0.775. The fourth-order valence-corrected chi connectivity index (χ4v) is 2.02. The van der Waals surface area contributed by atoms with Gasteiger partial charge in [-0.3, -0.25) is 4.79 Å². The number of ether oxygens (including phenoxy) is 1. The van der Waals surface area contributed by atoms with Crippen LogP contribution >= 0.6 is 22.6 Å². The summed E-state index contributed by atoms with van der Waals surface area (Å²) < 4.78 is 19.5. The summed E-state index contributed by atoms with van der Waals surface area (Å²) >= 11 is 1.98. The van der Waals surface area contributed by atoms with Crippen LogP contribution in [-0.2, 0) is 9.53 Å². The Hall–Kier alpha value is -1.44. The normalized spacial score (nSPS) is 12.0. The van der Waals surface area contributed by atoms with Crippen LogP contribution in [0.25, 0.3) is 0 Å². The van der Waals surface area contributed by atoms with E-state index in [-0.39, 0.29) is 23.3 Å². The SMILES string of the molecule is CCOC(=O)/C(=C/NC(C)(C)C)C(=O)c1cc(I)ccc1F. The molecule has 0 saturated carbocycles. The largest absolute Gasteiger partial charge is 0.462 e. The quantitative estimate of drug-likeness (QED) is 0.198. The molecule has 1 rings (SSSR count). The van der Waals surface area contributed by atoms with Gasteiger partial charge in [0.05, 0.1) is 12.2 Å². The Labute approximate surface area is 143 Å². The summed E-state index contributed by atoms with van der Waals surface area (Å²) in [6, 6.07) is 4.16. The summed E-state index contributed by atoms with van der Waals surface area (Å²) in [5, 5.41) is 2.94. The van der Waals surface area contributed by atoms with Crippen molar-refractivity contribution in [1.82, 2.24) is 5.32 Å². The number of carbonyl (C=O) groups excluding carboxylic acids is 2. The molecule has 0 radical (unpaired) electrons. The zero-order valence-corrected chi connectivity index (χ0v) is 15.2. The molecule has 0 aromatic heterocycles. The number of esters is 1. The van der Waals surface area contributed by atoms with Crippen LogP contribution in [-0.4, -0.2) is 23.9 Å². The van der Waals surface area contributed by atoms with Gasteiger partial charge in [-0.05, 0) is 68.5 Å². The smallest absolute Gasteiger partial charge is 0.343 e. The minimum absolute atomic E-state index is 0.133. The van der Waals surface area contributed by atoms with Crippen molar-refractivity contribution in [3.8, 4) is 0 Å². The van der Waals surface area contributed by atoms with Crippen molar-refractivity contribution in [2.45, 2.75) is 33.2 Å². The van der Waals surface area contributed by atoms with E-state index < -0.39 is 17.6 Å². The molecule has 0 aliphatic rings. The van der Waals surface area contributed by atoms with Gasteiger partial charge in [-0.2, -0.15) is 0 Å². The van der Waals surface area contributed by atoms with Crippen molar-refractivity contribution < 1.29 is 18.7 Å². The molecule has 0 bridgehead atoms. The van der Waals surface area contributed by atoms with Crippen molar-refractivity contribution in [3.63, 3.8) is 0 Å². The van der Waals surface area contributed by atoms with Gasteiger partial charge in [-0.25, -0.2) is 9.18 Å². The monoisotopic (exact) mass is 419 g/mol. The second-order valence-electron chi connectivity index (χ2n) is 5.63. The van der Waals surface area contributed by atoms with E-state index >= 15 is 0 Å². The van der Waals surface area contributed by atoms with Gasteiger partial charge in [0.15, 0.2) is 0 Å². The average molecular weight is 419 g/mol. The first kappa shape index (κ1) is 18.6. The summed E-state index contributed by atoms with van der Waals surface area (Å²) in [5.74, 6) is -2.15. The summed E-state index contributed by atoms with van der Waals surface area (Å²) in [6.07, 6.45) is 1.29.